The summed E-state index contributed by atoms with van der Waals surface area (Å²) in [5.41, 5.74) is 6.27. The average Bonchev–Trinajstić information content (AvgIpc) is 3.47. The van der Waals surface area contributed by atoms with Gasteiger partial charge in [-0.3, -0.25) is 0 Å². The van der Waals surface area contributed by atoms with E-state index in [1.165, 1.54) is 0 Å². The minimum Gasteiger partial charge on any atom is -0.377 e. The lowest BCUT2D eigenvalue weighted by atomic mass is 10.1. The molecule has 3 aromatic carbocycles. The van der Waals surface area contributed by atoms with Crippen LogP contribution in [0.15, 0.2) is 72.8 Å². The van der Waals surface area contributed by atoms with Crippen LogP contribution in [-0.4, -0.2) is 213 Å². The Kier molecular flexibility index (Phi) is 27.6. The number of hydrogen-bond donors (Lipinski definition) is 0. The van der Waals surface area contributed by atoms with Crippen molar-refractivity contribution in [2.75, 3.05) is 213 Å². The normalized spacial score (nSPS) is 19.9. The summed E-state index contributed by atoms with van der Waals surface area (Å²) in [6.45, 7) is 17.7. The molecule has 0 aliphatic carbocycles. The summed E-state index contributed by atoms with van der Waals surface area (Å²) in [6, 6.07) is 25.3. The van der Waals surface area contributed by atoms with Gasteiger partial charge in [-0.1, -0.05) is 54.6 Å². The van der Waals surface area contributed by atoms with E-state index in [0.717, 1.165) is 73.0 Å². The highest BCUT2D eigenvalue weighted by Gasteiger charge is 2.12. The molecule has 4 heterocycles. The van der Waals surface area contributed by atoms with E-state index in [1.54, 1.807) is 0 Å². The Labute approximate surface area is 443 Å². The largest absolute Gasteiger partial charge is 0.377 e. The van der Waals surface area contributed by atoms with E-state index in [0.29, 0.717) is 176 Å². The lowest BCUT2D eigenvalue weighted by Crippen LogP contribution is -2.31. The molecular weight excluding hydrogens is 961 g/mol. The molecule has 18 nitrogen and oxygen atoms in total. The van der Waals surface area contributed by atoms with Crippen LogP contribution in [-0.2, 0) is 56.8 Å². The molecular formula is C57H78N6O12. The average molecular weight is 1040 g/mol. The van der Waals surface area contributed by atoms with Crippen molar-refractivity contribution in [2.24, 2.45) is 0 Å². The van der Waals surface area contributed by atoms with Crippen LogP contribution in [0.25, 0.3) is 36.5 Å². The van der Waals surface area contributed by atoms with Gasteiger partial charge in [0.2, 0.25) is 0 Å². The third-order valence-corrected chi connectivity index (χ3v) is 12.1. The Morgan fingerprint density at radius 1 is 0.227 bits per heavy atom. The third kappa shape index (κ3) is 23.3. The lowest BCUT2D eigenvalue weighted by Gasteiger charge is -2.25. The number of nitrogens with zero attached hydrogens (tertiary/aromatic N) is 6. The molecule has 4 aromatic rings. The molecule has 7 rings (SSSR count). The second kappa shape index (κ2) is 36.0. The third-order valence-electron chi connectivity index (χ3n) is 12.1. The number of hydrogen-bond acceptors (Lipinski definition) is 18. The van der Waals surface area contributed by atoms with E-state index in [2.05, 4.69) is 87.5 Å². The number of ether oxygens (including phenoxy) is 12. The maximum absolute atomic E-state index is 5.87. The highest BCUT2D eigenvalue weighted by atomic mass is 16.6. The van der Waals surface area contributed by atoms with Gasteiger partial charge in [0.05, 0.1) is 159 Å². The van der Waals surface area contributed by atoms with E-state index in [9.17, 15) is 0 Å². The molecule has 18 heteroatoms. The maximum atomic E-state index is 5.87. The van der Waals surface area contributed by atoms with Crippen LogP contribution in [0.1, 0.15) is 34.2 Å². The van der Waals surface area contributed by atoms with Crippen LogP contribution in [0, 0.1) is 0 Å². The van der Waals surface area contributed by atoms with Crippen molar-refractivity contribution in [3.63, 3.8) is 0 Å². The molecule has 0 amide bonds. The second-order valence-corrected chi connectivity index (χ2v) is 17.5. The number of anilines is 3. The van der Waals surface area contributed by atoms with Gasteiger partial charge < -0.3 is 71.5 Å². The van der Waals surface area contributed by atoms with Crippen molar-refractivity contribution < 1.29 is 56.8 Å². The first kappa shape index (κ1) is 57.5. The molecule has 0 radical (unpaired) electrons. The number of aromatic nitrogens is 3. The van der Waals surface area contributed by atoms with Crippen LogP contribution in [0.5, 0.6) is 0 Å². The summed E-state index contributed by atoms with van der Waals surface area (Å²) in [4.78, 5) is 21.5. The van der Waals surface area contributed by atoms with Crippen LogP contribution in [0.3, 0.4) is 0 Å². The van der Waals surface area contributed by atoms with E-state index in [1.807, 2.05) is 36.5 Å². The van der Waals surface area contributed by atoms with E-state index in [-0.39, 0.29) is 0 Å². The first-order valence-corrected chi connectivity index (χ1v) is 26.5. The van der Waals surface area contributed by atoms with E-state index >= 15 is 0 Å². The van der Waals surface area contributed by atoms with Crippen LogP contribution in [0.4, 0.5) is 17.1 Å². The molecule has 75 heavy (non-hydrogen) atoms. The Bertz CT molecular complexity index is 1910. The Morgan fingerprint density at radius 2 is 0.400 bits per heavy atom. The predicted molar refractivity (Wildman–Crippen MR) is 292 cm³/mol. The molecule has 1 aromatic heterocycles. The van der Waals surface area contributed by atoms with Crippen LogP contribution < -0.4 is 14.7 Å². The quantitative estimate of drug-likeness (QED) is 0.191. The topological polar surface area (TPSA) is 159 Å². The van der Waals surface area contributed by atoms with E-state index < -0.39 is 0 Å². The molecule has 3 aliphatic heterocycles. The fourth-order valence-electron chi connectivity index (χ4n) is 8.00. The van der Waals surface area contributed by atoms with Crippen molar-refractivity contribution in [1.82, 2.24) is 15.0 Å². The van der Waals surface area contributed by atoms with Crippen molar-refractivity contribution in [3.05, 3.63) is 107 Å². The minimum atomic E-state index is 0.534. The van der Waals surface area contributed by atoms with Gasteiger partial charge in [0.25, 0.3) is 0 Å². The van der Waals surface area contributed by atoms with Gasteiger partial charge in [-0.15, -0.1) is 0 Å². The predicted octanol–water partition coefficient (Wildman–Crippen LogP) is 6.04. The summed E-state index contributed by atoms with van der Waals surface area (Å²) < 4.78 is 68.8. The zero-order valence-corrected chi connectivity index (χ0v) is 43.7. The Balaban J connectivity index is 1.05. The van der Waals surface area contributed by atoms with Crippen molar-refractivity contribution in [1.29, 1.82) is 0 Å². The molecule has 0 saturated carbocycles. The summed E-state index contributed by atoms with van der Waals surface area (Å²) >= 11 is 0. The second-order valence-electron chi connectivity index (χ2n) is 17.5. The van der Waals surface area contributed by atoms with E-state index in [4.69, 9.17) is 71.8 Å². The molecule has 0 unspecified atom stereocenters. The van der Waals surface area contributed by atoms with Crippen molar-refractivity contribution in [3.8, 4) is 0 Å². The summed E-state index contributed by atoms with van der Waals surface area (Å²) in [5, 5.41) is 0. The molecule has 0 atom stereocenters. The highest BCUT2D eigenvalue weighted by Crippen LogP contribution is 2.21. The monoisotopic (exact) mass is 1040 g/mol. The fourth-order valence-corrected chi connectivity index (χ4v) is 8.00. The van der Waals surface area contributed by atoms with Gasteiger partial charge in [-0.05, 0) is 71.3 Å². The standard InChI is InChI=1S/C57H78N6O12/c1-10-52(61-19-25-64-31-37-70-43-44-71-38-32-65-26-20-61)11-2-49(1)7-16-55-58-56(17-8-50-3-12-53(13-4-50)62-21-27-66-33-39-72-45-46-73-40-34-67-28-22-62)60-57(59-55)18-9-51-5-14-54(15-6-51)63-23-29-68-35-41-74-47-48-75-42-36-69-30-24-63/h1-18H,19-48H2/b16-7+,17-8+,18-9+. The molecule has 3 aliphatic rings. The molecule has 3 saturated heterocycles. The highest BCUT2D eigenvalue weighted by molar-refractivity contribution is 5.73. The molecule has 0 spiro atoms. The number of rotatable bonds is 9. The van der Waals surface area contributed by atoms with Gasteiger partial charge in [0.1, 0.15) is 0 Å². The Morgan fingerprint density at radius 3 is 0.587 bits per heavy atom. The van der Waals surface area contributed by atoms with Gasteiger partial charge >= 0.3 is 0 Å². The minimum absolute atomic E-state index is 0.534. The lowest BCUT2D eigenvalue weighted by molar-refractivity contribution is 0.00206. The fraction of sp³-hybridized carbons (Fsp3) is 0.526. The first-order valence-electron chi connectivity index (χ1n) is 26.5. The van der Waals surface area contributed by atoms with Crippen molar-refractivity contribution in [2.45, 2.75) is 0 Å². The summed E-state index contributed by atoms with van der Waals surface area (Å²) in [6.07, 6.45) is 11.9. The zero-order chi connectivity index (χ0) is 51.5. The van der Waals surface area contributed by atoms with Crippen LogP contribution >= 0.6 is 0 Å². The summed E-state index contributed by atoms with van der Waals surface area (Å²) in [5.74, 6) is 1.60. The van der Waals surface area contributed by atoms with Gasteiger partial charge in [-0.25, -0.2) is 15.0 Å². The maximum Gasteiger partial charge on any atom is 0.156 e. The molecule has 0 bridgehead atoms. The molecule has 0 N–H and O–H groups in total. The SMILES string of the molecule is C(=C\c1nc(/C=C/c2ccc(N3CCOCCOCCOCCOCC3)cc2)nc(/C=C/c2ccc(N3CCOCCOCCOCCOCC3)cc2)n1)/c1ccc(N2CCOCCOCCOCCOCC2)cc1. The first-order chi connectivity index (χ1) is 37.2. The van der Waals surface area contributed by atoms with Crippen molar-refractivity contribution >= 4 is 53.5 Å². The van der Waals surface area contributed by atoms with Gasteiger partial charge in [0.15, 0.2) is 17.5 Å². The van der Waals surface area contributed by atoms with Crippen LogP contribution in [0.2, 0.25) is 0 Å². The Hall–Kier alpha value is -5.19. The smallest absolute Gasteiger partial charge is 0.156 e. The zero-order valence-electron chi connectivity index (χ0n) is 43.7. The van der Waals surface area contributed by atoms with Gasteiger partial charge in [0, 0.05) is 56.3 Å². The molecule has 408 valence electrons. The summed E-state index contributed by atoms with van der Waals surface area (Å²) in [7, 11) is 0. The van der Waals surface area contributed by atoms with Gasteiger partial charge in [-0.2, -0.15) is 0 Å². The molecule has 3 fully saturated rings. The number of benzene rings is 3.